The molecule has 0 saturated carbocycles. The van der Waals surface area contributed by atoms with Gasteiger partial charge in [-0.25, -0.2) is 8.78 Å². The van der Waals surface area contributed by atoms with Gasteiger partial charge in [0, 0.05) is 23.1 Å². The molecule has 0 atom stereocenters. The zero-order valence-electron chi connectivity index (χ0n) is 23.3. The lowest BCUT2D eigenvalue weighted by Crippen LogP contribution is -2.10. The first kappa shape index (κ1) is 30.3. The van der Waals surface area contributed by atoms with Crippen molar-refractivity contribution in [1.29, 1.82) is 0 Å². The third-order valence-electron chi connectivity index (χ3n) is 6.88. The Hall–Kier alpha value is -4.66. The molecule has 0 aliphatic heterocycles. The van der Waals surface area contributed by atoms with Crippen molar-refractivity contribution in [2.45, 2.75) is 45.6 Å². The van der Waals surface area contributed by atoms with Crippen LogP contribution in [0.2, 0.25) is 0 Å². The molecule has 0 bridgehead atoms. The summed E-state index contributed by atoms with van der Waals surface area (Å²) in [5.41, 5.74) is 3.41. The number of halogens is 2. The molecule has 0 amide bonds. The number of unbranched alkanes of at least 4 members (excludes halogenated alkanes) is 1. The first-order valence-corrected chi connectivity index (χ1v) is 13.8. The maximum absolute atomic E-state index is 14.7. The van der Waals surface area contributed by atoms with Crippen molar-refractivity contribution in [2.24, 2.45) is 0 Å². The zero-order chi connectivity index (χ0) is 30.1. The Morgan fingerprint density at radius 1 is 0.810 bits per heavy atom. The second kappa shape index (κ2) is 14.3. The number of nitrogens with zero attached hydrogens (tertiary/aromatic N) is 1. The van der Waals surface area contributed by atoms with Crippen molar-refractivity contribution in [3.05, 3.63) is 94.7 Å². The number of aliphatic carboxylic acids is 2. The molecular weight excluding hydrogens is 544 g/mol. The predicted molar refractivity (Wildman–Crippen MR) is 157 cm³/mol. The topological polar surface area (TPSA) is 98.0 Å². The van der Waals surface area contributed by atoms with E-state index in [2.05, 4.69) is 0 Å². The van der Waals surface area contributed by atoms with Crippen LogP contribution in [0.4, 0.5) is 8.78 Å². The van der Waals surface area contributed by atoms with Gasteiger partial charge in [-0.3, -0.25) is 9.59 Å². The second-order valence-corrected chi connectivity index (χ2v) is 9.94. The summed E-state index contributed by atoms with van der Waals surface area (Å²) in [5, 5.41) is 19.1. The van der Waals surface area contributed by atoms with E-state index >= 15 is 0 Å². The molecule has 1 heterocycles. The van der Waals surface area contributed by atoms with Crippen molar-refractivity contribution in [1.82, 2.24) is 4.57 Å². The summed E-state index contributed by atoms with van der Waals surface area (Å²) in [7, 11) is 0. The standard InChI is InChI=1S/C33H33F2NO6/c1-22-29(5-4-6-31(37)38)30-20-26(35)19-24(33(30)36(22)21-32(39)40)10-7-23-8-13-27(14-9-23)41-17-2-3-18-42-28-15-11-25(34)12-16-28/h7-16,19-20H,2-6,17-18,21H2,1H3,(H,37,38)(H,39,40). The van der Waals surface area contributed by atoms with Crippen LogP contribution >= 0.6 is 0 Å². The molecule has 4 aromatic rings. The minimum absolute atomic E-state index is 0.0290. The number of carboxylic acids is 2. The van der Waals surface area contributed by atoms with E-state index in [0.717, 1.165) is 24.0 Å². The zero-order valence-corrected chi connectivity index (χ0v) is 23.3. The van der Waals surface area contributed by atoms with Crippen molar-refractivity contribution < 1.29 is 38.1 Å². The Bertz CT molecular complexity index is 1560. The van der Waals surface area contributed by atoms with Crippen molar-refractivity contribution in [3.8, 4) is 11.5 Å². The molecule has 0 radical (unpaired) electrons. The van der Waals surface area contributed by atoms with E-state index in [9.17, 15) is 23.5 Å². The van der Waals surface area contributed by atoms with Crippen LogP contribution in [0.5, 0.6) is 11.5 Å². The Kier molecular flexibility index (Phi) is 10.3. The minimum atomic E-state index is -1.03. The molecular formula is C33H33F2NO6. The van der Waals surface area contributed by atoms with Gasteiger partial charge in [-0.2, -0.15) is 0 Å². The number of fused-ring (bicyclic) bond motifs is 1. The van der Waals surface area contributed by atoms with Gasteiger partial charge in [0.2, 0.25) is 0 Å². The Morgan fingerprint density at radius 3 is 2.02 bits per heavy atom. The summed E-state index contributed by atoms with van der Waals surface area (Å²) in [6.45, 7) is 2.50. The fourth-order valence-electron chi connectivity index (χ4n) is 4.85. The summed E-state index contributed by atoms with van der Waals surface area (Å²) in [6, 6.07) is 16.1. The molecule has 0 saturated heterocycles. The predicted octanol–water partition coefficient (Wildman–Crippen LogP) is 7.13. The molecule has 220 valence electrons. The van der Waals surface area contributed by atoms with Gasteiger partial charge in [0.1, 0.15) is 29.7 Å². The number of carbonyl (C=O) groups is 2. The van der Waals surface area contributed by atoms with E-state index in [1.165, 1.54) is 24.3 Å². The molecule has 0 aliphatic rings. The monoisotopic (exact) mass is 577 g/mol. The van der Waals surface area contributed by atoms with Gasteiger partial charge >= 0.3 is 11.9 Å². The first-order valence-electron chi connectivity index (χ1n) is 13.8. The highest BCUT2D eigenvalue weighted by Crippen LogP contribution is 2.32. The third-order valence-corrected chi connectivity index (χ3v) is 6.88. The number of hydrogen-bond donors (Lipinski definition) is 2. The van der Waals surface area contributed by atoms with Crippen molar-refractivity contribution >= 4 is 35.0 Å². The average molecular weight is 578 g/mol. The van der Waals surface area contributed by atoms with Crippen molar-refractivity contribution in [2.75, 3.05) is 13.2 Å². The van der Waals surface area contributed by atoms with Crippen LogP contribution in [0.25, 0.3) is 23.1 Å². The lowest BCUT2D eigenvalue weighted by atomic mass is 10.0. The van der Waals surface area contributed by atoms with Crippen molar-refractivity contribution in [3.63, 3.8) is 0 Å². The molecule has 2 N–H and O–H groups in total. The van der Waals surface area contributed by atoms with Crippen LogP contribution in [0.1, 0.15) is 48.1 Å². The van der Waals surface area contributed by atoms with E-state index < -0.39 is 17.8 Å². The second-order valence-electron chi connectivity index (χ2n) is 9.94. The third kappa shape index (κ3) is 8.19. The van der Waals surface area contributed by atoms with E-state index in [4.69, 9.17) is 14.6 Å². The Balaban J connectivity index is 1.41. The molecule has 7 nitrogen and oxygen atoms in total. The van der Waals surface area contributed by atoms with Gasteiger partial charge in [-0.15, -0.1) is 0 Å². The van der Waals surface area contributed by atoms with Crippen LogP contribution in [-0.2, 0) is 22.6 Å². The van der Waals surface area contributed by atoms with Gasteiger partial charge in [-0.05, 0) is 92.3 Å². The number of carboxylic acid groups (broad SMARTS) is 2. The van der Waals surface area contributed by atoms with Gasteiger partial charge in [0.15, 0.2) is 0 Å². The number of benzene rings is 3. The molecule has 9 heteroatoms. The van der Waals surface area contributed by atoms with Crippen LogP contribution in [-0.4, -0.2) is 39.9 Å². The number of hydrogen-bond acceptors (Lipinski definition) is 4. The van der Waals surface area contributed by atoms with Crippen LogP contribution in [0.15, 0.2) is 60.7 Å². The summed E-state index contributed by atoms with van der Waals surface area (Å²) >= 11 is 0. The molecule has 0 unspecified atom stereocenters. The molecule has 4 rings (SSSR count). The van der Waals surface area contributed by atoms with Crippen LogP contribution in [0, 0.1) is 18.6 Å². The summed E-state index contributed by atoms with van der Waals surface area (Å²) in [5.74, 6) is -1.37. The first-order chi connectivity index (χ1) is 20.2. The molecule has 0 spiro atoms. The van der Waals surface area contributed by atoms with Crippen LogP contribution < -0.4 is 9.47 Å². The molecule has 0 fully saturated rings. The Labute approximate surface area is 242 Å². The minimum Gasteiger partial charge on any atom is -0.494 e. The molecule has 1 aromatic heterocycles. The van der Waals surface area contributed by atoms with Gasteiger partial charge in [0.05, 0.1) is 18.7 Å². The van der Waals surface area contributed by atoms with E-state index in [1.54, 1.807) is 29.7 Å². The van der Waals surface area contributed by atoms with Gasteiger partial charge < -0.3 is 24.3 Å². The van der Waals surface area contributed by atoms with Gasteiger partial charge in [0.25, 0.3) is 0 Å². The number of rotatable bonds is 15. The Morgan fingerprint density at radius 2 is 1.43 bits per heavy atom. The summed E-state index contributed by atoms with van der Waals surface area (Å²) in [4.78, 5) is 22.6. The fraction of sp³-hybridized carbons (Fsp3) is 0.273. The SMILES string of the molecule is Cc1c(CCCC(=O)O)c2cc(F)cc(C=Cc3ccc(OCCCCOc4ccc(F)cc4)cc3)c2n1CC(=O)O. The molecule has 42 heavy (non-hydrogen) atoms. The number of ether oxygens (including phenoxy) is 2. The highest BCUT2D eigenvalue weighted by Gasteiger charge is 2.19. The van der Waals surface area contributed by atoms with Crippen LogP contribution in [0.3, 0.4) is 0 Å². The maximum atomic E-state index is 14.7. The average Bonchev–Trinajstić information content (AvgIpc) is 3.20. The lowest BCUT2D eigenvalue weighted by Gasteiger charge is -2.08. The van der Waals surface area contributed by atoms with Gasteiger partial charge in [-0.1, -0.05) is 24.3 Å². The molecule has 3 aromatic carbocycles. The van der Waals surface area contributed by atoms with E-state index in [1.807, 2.05) is 30.3 Å². The highest BCUT2D eigenvalue weighted by atomic mass is 19.1. The highest BCUT2D eigenvalue weighted by molar-refractivity contribution is 5.95. The summed E-state index contributed by atoms with van der Waals surface area (Å²) < 4.78 is 40.7. The van der Waals surface area contributed by atoms with E-state index in [-0.39, 0.29) is 18.8 Å². The lowest BCUT2D eigenvalue weighted by molar-refractivity contribution is -0.138. The summed E-state index contributed by atoms with van der Waals surface area (Å²) in [6.07, 6.45) is 5.87. The fourth-order valence-corrected chi connectivity index (χ4v) is 4.85. The number of aromatic nitrogens is 1. The quantitative estimate of drug-likeness (QED) is 0.115. The molecule has 0 aliphatic carbocycles. The smallest absolute Gasteiger partial charge is 0.323 e. The largest absolute Gasteiger partial charge is 0.494 e. The number of aryl methyl sites for hydroxylation is 1. The normalized spacial score (nSPS) is 11.3. The maximum Gasteiger partial charge on any atom is 0.323 e. The van der Waals surface area contributed by atoms with E-state index in [0.29, 0.717) is 59.7 Å².